The van der Waals surface area contributed by atoms with Crippen LogP contribution in [0.2, 0.25) is 0 Å². The molecule has 2 aliphatic carbocycles. The van der Waals surface area contributed by atoms with E-state index in [0.29, 0.717) is 40.0 Å². The maximum atomic E-state index is 13.5. The minimum atomic E-state index is -0.259. The second-order valence-electron chi connectivity index (χ2n) is 12.1. The van der Waals surface area contributed by atoms with Gasteiger partial charge in [-0.2, -0.15) is 0 Å². The van der Waals surface area contributed by atoms with E-state index >= 15 is 0 Å². The molecule has 8 rings (SSSR count). The standard InChI is InChI=1S/C41H28N4O4/c42-30-17-19-32(36-34(30)38(46)26-5-1-3-7-28(26)40(36)48)44-24-13-9-22(10-14-24)21-23-11-15-25(16-12-23)45-33-20-18-31(43)35-37(33)41(49)29-8-4-2-6-27(29)39(35)47/h1-20,44-45H,21,42-43H2. The van der Waals surface area contributed by atoms with E-state index in [-0.39, 0.29) is 56.8 Å². The molecule has 0 spiro atoms. The molecule has 0 heterocycles. The summed E-state index contributed by atoms with van der Waals surface area (Å²) in [6.45, 7) is 0. The number of hydrogen-bond acceptors (Lipinski definition) is 8. The lowest BCUT2D eigenvalue weighted by Crippen LogP contribution is -2.23. The number of nitrogen functional groups attached to an aromatic ring is 2. The molecule has 8 nitrogen and oxygen atoms in total. The fourth-order valence-electron chi connectivity index (χ4n) is 6.66. The van der Waals surface area contributed by atoms with Crippen LogP contribution < -0.4 is 22.1 Å². The fourth-order valence-corrected chi connectivity index (χ4v) is 6.66. The number of nitrogens with two attached hydrogens (primary N) is 2. The van der Waals surface area contributed by atoms with Crippen molar-refractivity contribution in [3.63, 3.8) is 0 Å². The van der Waals surface area contributed by atoms with Crippen molar-refractivity contribution in [2.45, 2.75) is 6.42 Å². The zero-order valence-electron chi connectivity index (χ0n) is 26.0. The summed E-state index contributed by atoms with van der Waals surface area (Å²) in [5.41, 5.74) is 20.1. The number of ketones is 4. The van der Waals surface area contributed by atoms with Crippen LogP contribution in [-0.2, 0) is 6.42 Å². The average Bonchev–Trinajstić information content (AvgIpc) is 3.12. The van der Waals surface area contributed by atoms with Gasteiger partial charge in [0.1, 0.15) is 0 Å². The summed E-state index contributed by atoms with van der Waals surface area (Å²) in [5, 5.41) is 6.62. The number of anilines is 6. The molecule has 0 saturated heterocycles. The third-order valence-electron chi connectivity index (χ3n) is 9.09. The lowest BCUT2D eigenvalue weighted by molar-refractivity contribution is 0.0980. The number of rotatable bonds is 6. The van der Waals surface area contributed by atoms with Gasteiger partial charge in [0.05, 0.1) is 33.6 Å². The molecule has 0 unspecified atom stereocenters. The molecular weight excluding hydrogens is 612 g/mol. The highest BCUT2D eigenvalue weighted by Gasteiger charge is 2.34. The molecule has 0 radical (unpaired) electrons. The van der Waals surface area contributed by atoms with Crippen LogP contribution in [0.1, 0.15) is 74.8 Å². The predicted molar refractivity (Wildman–Crippen MR) is 191 cm³/mol. The van der Waals surface area contributed by atoms with Crippen LogP contribution in [0.15, 0.2) is 121 Å². The summed E-state index contributed by atoms with van der Waals surface area (Å²) < 4.78 is 0. The van der Waals surface area contributed by atoms with E-state index in [4.69, 9.17) is 11.5 Å². The normalized spacial score (nSPS) is 12.9. The zero-order valence-corrected chi connectivity index (χ0v) is 26.0. The van der Waals surface area contributed by atoms with E-state index in [0.717, 1.165) is 22.5 Å². The van der Waals surface area contributed by atoms with E-state index < -0.39 is 0 Å². The van der Waals surface area contributed by atoms with Crippen molar-refractivity contribution in [1.29, 1.82) is 0 Å². The van der Waals surface area contributed by atoms with Crippen LogP contribution in [-0.4, -0.2) is 23.1 Å². The monoisotopic (exact) mass is 640 g/mol. The summed E-state index contributed by atoms with van der Waals surface area (Å²) in [6, 6.07) is 36.0. The first-order valence-electron chi connectivity index (χ1n) is 15.7. The SMILES string of the molecule is Nc1ccc(Nc2ccc(Cc3ccc(Nc4ccc(N)c5c4C(=O)c4ccccc4C5=O)cc3)cc2)c2c1C(=O)c1ccccc1C2=O. The summed E-state index contributed by atoms with van der Waals surface area (Å²) in [5.74, 6) is -0.997. The molecule has 49 heavy (non-hydrogen) atoms. The first-order chi connectivity index (χ1) is 23.8. The summed E-state index contributed by atoms with van der Waals surface area (Å²) in [4.78, 5) is 53.4. The van der Waals surface area contributed by atoms with Crippen LogP contribution in [0.4, 0.5) is 34.1 Å². The van der Waals surface area contributed by atoms with Gasteiger partial charge in [-0.3, -0.25) is 19.2 Å². The van der Waals surface area contributed by atoms with Gasteiger partial charge in [-0.05, 0) is 66.1 Å². The van der Waals surface area contributed by atoms with Gasteiger partial charge in [0, 0.05) is 45.0 Å². The number of carbonyl (C=O) groups excluding carboxylic acids is 4. The van der Waals surface area contributed by atoms with Crippen LogP contribution >= 0.6 is 0 Å². The molecule has 6 aromatic rings. The van der Waals surface area contributed by atoms with E-state index in [1.165, 1.54) is 0 Å². The van der Waals surface area contributed by atoms with Gasteiger partial charge in [0.15, 0.2) is 23.1 Å². The van der Waals surface area contributed by atoms with Gasteiger partial charge in [-0.15, -0.1) is 0 Å². The highest BCUT2D eigenvalue weighted by Crippen LogP contribution is 2.38. The molecular formula is C41H28N4O4. The Hall–Kier alpha value is -6.80. The number of carbonyl (C=O) groups is 4. The largest absolute Gasteiger partial charge is 0.398 e. The molecule has 0 aromatic heterocycles. The molecule has 0 fully saturated rings. The van der Waals surface area contributed by atoms with Crippen molar-refractivity contribution >= 4 is 57.3 Å². The number of nitrogens with one attached hydrogen (secondary N) is 2. The minimum absolute atomic E-state index is 0.227. The van der Waals surface area contributed by atoms with Gasteiger partial charge in [0.2, 0.25) is 0 Å². The molecule has 8 heteroatoms. The molecule has 0 atom stereocenters. The average molecular weight is 641 g/mol. The Bertz CT molecular complexity index is 2230. The predicted octanol–water partition coefficient (Wildman–Crippen LogP) is 7.48. The van der Waals surface area contributed by atoms with Crippen LogP contribution in [0, 0.1) is 0 Å². The highest BCUT2D eigenvalue weighted by molar-refractivity contribution is 6.33. The molecule has 6 aromatic carbocycles. The Labute approximate surface area is 281 Å². The van der Waals surface area contributed by atoms with Crippen molar-refractivity contribution in [2.75, 3.05) is 22.1 Å². The highest BCUT2D eigenvalue weighted by atomic mass is 16.1. The summed E-state index contributed by atoms with van der Waals surface area (Å²) >= 11 is 0. The Kier molecular flexibility index (Phi) is 6.93. The van der Waals surface area contributed by atoms with E-state index in [9.17, 15) is 19.2 Å². The summed E-state index contributed by atoms with van der Waals surface area (Å²) in [6.07, 6.45) is 0.669. The summed E-state index contributed by atoms with van der Waals surface area (Å²) in [7, 11) is 0. The van der Waals surface area contributed by atoms with Crippen LogP contribution in [0.25, 0.3) is 0 Å². The van der Waals surface area contributed by atoms with Gasteiger partial charge in [0.25, 0.3) is 0 Å². The van der Waals surface area contributed by atoms with Crippen molar-refractivity contribution in [2.24, 2.45) is 0 Å². The Morgan fingerprint density at radius 3 is 1.06 bits per heavy atom. The van der Waals surface area contributed by atoms with E-state index in [1.807, 2.05) is 48.5 Å². The molecule has 0 bridgehead atoms. The maximum absolute atomic E-state index is 13.5. The Morgan fingerprint density at radius 1 is 0.388 bits per heavy atom. The minimum Gasteiger partial charge on any atom is -0.398 e. The fraction of sp³-hybridized carbons (Fsp3) is 0.0244. The van der Waals surface area contributed by atoms with Crippen molar-refractivity contribution in [1.82, 2.24) is 0 Å². The second-order valence-corrected chi connectivity index (χ2v) is 12.1. The lowest BCUT2D eigenvalue weighted by Gasteiger charge is -2.22. The molecule has 0 aliphatic heterocycles. The smallest absolute Gasteiger partial charge is 0.196 e. The molecule has 0 saturated carbocycles. The van der Waals surface area contributed by atoms with Crippen molar-refractivity contribution in [3.8, 4) is 0 Å². The van der Waals surface area contributed by atoms with Crippen LogP contribution in [0.3, 0.4) is 0 Å². The topological polar surface area (TPSA) is 144 Å². The Balaban J connectivity index is 0.985. The third kappa shape index (κ3) is 4.94. The second kappa shape index (κ2) is 11.5. The quantitative estimate of drug-likeness (QED) is 0.137. The van der Waals surface area contributed by atoms with Gasteiger partial charge < -0.3 is 22.1 Å². The van der Waals surface area contributed by atoms with Crippen molar-refractivity contribution in [3.05, 3.63) is 177 Å². The lowest BCUT2D eigenvalue weighted by atomic mass is 9.82. The van der Waals surface area contributed by atoms with Crippen LogP contribution in [0.5, 0.6) is 0 Å². The number of fused-ring (bicyclic) bond motifs is 4. The first kappa shape index (κ1) is 29.6. The molecule has 6 N–H and O–H groups in total. The van der Waals surface area contributed by atoms with E-state index in [1.54, 1.807) is 72.8 Å². The van der Waals surface area contributed by atoms with Gasteiger partial charge >= 0.3 is 0 Å². The number of hydrogen-bond donors (Lipinski definition) is 4. The number of benzene rings is 6. The maximum Gasteiger partial charge on any atom is 0.196 e. The Morgan fingerprint density at radius 2 is 0.714 bits per heavy atom. The third-order valence-corrected chi connectivity index (χ3v) is 9.09. The molecule has 0 amide bonds. The molecule has 2 aliphatic rings. The van der Waals surface area contributed by atoms with Crippen molar-refractivity contribution < 1.29 is 19.2 Å². The van der Waals surface area contributed by atoms with Gasteiger partial charge in [-0.1, -0.05) is 72.8 Å². The first-order valence-corrected chi connectivity index (χ1v) is 15.7. The zero-order chi connectivity index (χ0) is 33.8. The van der Waals surface area contributed by atoms with Gasteiger partial charge in [-0.25, -0.2) is 0 Å². The molecule has 236 valence electrons. The van der Waals surface area contributed by atoms with E-state index in [2.05, 4.69) is 10.6 Å².